The van der Waals surface area contributed by atoms with Gasteiger partial charge in [-0.15, -0.1) is 0 Å². The fourth-order valence-electron chi connectivity index (χ4n) is 2.43. The van der Waals surface area contributed by atoms with Gasteiger partial charge in [-0.05, 0) is 37.6 Å². The third kappa shape index (κ3) is 4.27. The van der Waals surface area contributed by atoms with Crippen LogP contribution in [0.4, 0.5) is 10.1 Å². The molecule has 1 aromatic carbocycles. The number of amides is 2. The van der Waals surface area contributed by atoms with Gasteiger partial charge in [-0.3, -0.25) is 9.59 Å². The van der Waals surface area contributed by atoms with Crippen molar-refractivity contribution in [3.63, 3.8) is 0 Å². The minimum absolute atomic E-state index is 0.110. The summed E-state index contributed by atoms with van der Waals surface area (Å²) in [6.45, 7) is 4.08. The molecule has 0 spiro atoms. The highest BCUT2D eigenvalue weighted by Gasteiger charge is 2.34. The molecule has 1 saturated heterocycles. The number of ether oxygens (including phenoxy) is 1. The lowest BCUT2D eigenvalue weighted by Crippen LogP contribution is -2.33. The fraction of sp³-hybridized carbons (Fsp3) is 0.500. The van der Waals surface area contributed by atoms with Gasteiger partial charge >= 0.3 is 0 Å². The van der Waals surface area contributed by atoms with Crippen molar-refractivity contribution in [3.8, 4) is 0 Å². The zero-order valence-corrected chi connectivity index (χ0v) is 12.7. The zero-order chi connectivity index (χ0) is 15.9. The molecule has 2 amide bonds. The number of anilines is 1. The van der Waals surface area contributed by atoms with Crippen LogP contribution >= 0.6 is 0 Å². The molecular formula is C16H21FN2O3. The van der Waals surface area contributed by atoms with Gasteiger partial charge in [0.2, 0.25) is 11.8 Å². The van der Waals surface area contributed by atoms with Gasteiger partial charge in [-0.1, -0.05) is 0 Å². The average Bonchev–Trinajstić information content (AvgIpc) is 2.90. The second-order valence-electron chi connectivity index (χ2n) is 5.22. The Morgan fingerprint density at radius 3 is 2.82 bits per heavy atom. The quantitative estimate of drug-likeness (QED) is 0.780. The average molecular weight is 308 g/mol. The van der Waals surface area contributed by atoms with Gasteiger partial charge in [-0.25, -0.2) is 4.39 Å². The molecular weight excluding hydrogens is 287 g/mol. The van der Waals surface area contributed by atoms with Gasteiger partial charge in [0.05, 0.1) is 5.92 Å². The summed E-state index contributed by atoms with van der Waals surface area (Å²) in [4.78, 5) is 25.6. The molecule has 0 radical (unpaired) electrons. The van der Waals surface area contributed by atoms with E-state index >= 15 is 0 Å². The number of carbonyl (C=O) groups is 2. The lowest BCUT2D eigenvalue weighted by Gasteiger charge is -2.16. The Kier molecular flexibility index (Phi) is 5.89. The van der Waals surface area contributed by atoms with Crippen LogP contribution in [0.3, 0.4) is 0 Å². The Morgan fingerprint density at radius 1 is 1.41 bits per heavy atom. The minimum atomic E-state index is -0.357. The SMILES string of the molecule is CCOCCCNC(=O)C1CC(=O)N(c2ccc(F)cc2)C1. The normalized spacial score (nSPS) is 17.8. The van der Waals surface area contributed by atoms with E-state index in [0.29, 0.717) is 32.0 Å². The van der Waals surface area contributed by atoms with Crippen molar-refractivity contribution in [3.05, 3.63) is 30.1 Å². The predicted octanol–water partition coefficient (Wildman–Crippen LogP) is 1.72. The Labute approximate surface area is 129 Å². The number of rotatable bonds is 7. The lowest BCUT2D eigenvalue weighted by molar-refractivity contribution is -0.126. The van der Waals surface area contributed by atoms with E-state index in [9.17, 15) is 14.0 Å². The van der Waals surface area contributed by atoms with Gasteiger partial charge in [0, 0.05) is 38.4 Å². The van der Waals surface area contributed by atoms with Crippen molar-refractivity contribution < 1.29 is 18.7 Å². The smallest absolute Gasteiger partial charge is 0.227 e. The third-order valence-electron chi connectivity index (χ3n) is 3.60. The number of nitrogens with zero attached hydrogens (tertiary/aromatic N) is 1. The molecule has 120 valence electrons. The summed E-state index contributed by atoms with van der Waals surface area (Å²) in [6, 6.07) is 5.72. The molecule has 1 aliphatic rings. The highest BCUT2D eigenvalue weighted by Crippen LogP contribution is 2.25. The van der Waals surface area contributed by atoms with Crippen LogP contribution in [0.25, 0.3) is 0 Å². The largest absolute Gasteiger partial charge is 0.382 e. The first kappa shape index (κ1) is 16.4. The van der Waals surface area contributed by atoms with E-state index in [4.69, 9.17) is 4.74 Å². The van der Waals surface area contributed by atoms with E-state index in [2.05, 4.69) is 5.32 Å². The molecule has 0 aromatic heterocycles. The zero-order valence-electron chi connectivity index (χ0n) is 12.7. The number of carbonyl (C=O) groups excluding carboxylic acids is 2. The molecule has 1 heterocycles. The van der Waals surface area contributed by atoms with Gasteiger partial charge < -0.3 is 15.0 Å². The highest BCUT2D eigenvalue weighted by molar-refractivity contribution is 6.00. The number of nitrogens with one attached hydrogen (secondary N) is 1. The number of hydrogen-bond acceptors (Lipinski definition) is 3. The van der Waals surface area contributed by atoms with Crippen LogP contribution in [0.2, 0.25) is 0 Å². The van der Waals surface area contributed by atoms with Crippen LogP contribution in [-0.2, 0) is 14.3 Å². The summed E-state index contributed by atoms with van der Waals surface area (Å²) in [5.74, 6) is -0.931. The Hall–Kier alpha value is -1.95. The van der Waals surface area contributed by atoms with E-state index in [1.807, 2.05) is 6.92 Å². The van der Waals surface area contributed by atoms with Gasteiger partial charge in [-0.2, -0.15) is 0 Å². The predicted molar refractivity (Wildman–Crippen MR) is 81.0 cm³/mol. The molecule has 0 aliphatic carbocycles. The van der Waals surface area contributed by atoms with Crippen LogP contribution in [0.1, 0.15) is 19.8 Å². The monoisotopic (exact) mass is 308 g/mol. The van der Waals surface area contributed by atoms with E-state index in [0.717, 1.165) is 6.42 Å². The van der Waals surface area contributed by atoms with Crippen molar-refractivity contribution in [2.45, 2.75) is 19.8 Å². The maximum absolute atomic E-state index is 12.9. The standard InChI is InChI=1S/C16H21FN2O3/c1-2-22-9-3-8-18-16(21)12-10-15(20)19(11-12)14-6-4-13(17)5-7-14/h4-7,12H,2-3,8-11H2,1H3,(H,18,21). The van der Waals surface area contributed by atoms with Crippen molar-refractivity contribution in [1.82, 2.24) is 5.32 Å². The lowest BCUT2D eigenvalue weighted by atomic mass is 10.1. The minimum Gasteiger partial charge on any atom is -0.382 e. The molecule has 1 aliphatic heterocycles. The number of halogens is 1. The van der Waals surface area contributed by atoms with E-state index in [1.165, 1.54) is 17.0 Å². The van der Waals surface area contributed by atoms with Crippen LogP contribution in [0, 0.1) is 11.7 Å². The molecule has 6 heteroatoms. The first-order valence-corrected chi connectivity index (χ1v) is 7.53. The van der Waals surface area contributed by atoms with Gasteiger partial charge in [0.25, 0.3) is 0 Å². The van der Waals surface area contributed by atoms with Crippen molar-refractivity contribution in [2.24, 2.45) is 5.92 Å². The summed E-state index contributed by atoms with van der Waals surface area (Å²) in [6.07, 6.45) is 0.941. The maximum atomic E-state index is 12.9. The molecule has 1 aromatic rings. The summed E-state index contributed by atoms with van der Waals surface area (Å²) in [5, 5.41) is 2.83. The van der Waals surface area contributed by atoms with Crippen molar-refractivity contribution in [1.29, 1.82) is 0 Å². The van der Waals surface area contributed by atoms with E-state index < -0.39 is 0 Å². The molecule has 0 bridgehead atoms. The summed E-state index contributed by atoms with van der Waals surface area (Å²) < 4.78 is 18.1. The van der Waals surface area contributed by atoms with Crippen molar-refractivity contribution >= 4 is 17.5 Å². The molecule has 2 rings (SSSR count). The summed E-state index contributed by atoms with van der Waals surface area (Å²) >= 11 is 0. The molecule has 22 heavy (non-hydrogen) atoms. The molecule has 1 N–H and O–H groups in total. The van der Waals surface area contributed by atoms with Crippen LogP contribution in [0.5, 0.6) is 0 Å². The molecule has 0 saturated carbocycles. The highest BCUT2D eigenvalue weighted by atomic mass is 19.1. The van der Waals surface area contributed by atoms with E-state index in [-0.39, 0.29) is 30.0 Å². The molecule has 5 nitrogen and oxygen atoms in total. The molecule has 1 unspecified atom stereocenters. The third-order valence-corrected chi connectivity index (χ3v) is 3.60. The fourth-order valence-corrected chi connectivity index (χ4v) is 2.43. The van der Waals surface area contributed by atoms with Crippen LogP contribution in [0.15, 0.2) is 24.3 Å². The second-order valence-corrected chi connectivity index (χ2v) is 5.22. The number of hydrogen-bond donors (Lipinski definition) is 1. The van der Waals surface area contributed by atoms with Crippen LogP contribution in [-0.4, -0.2) is 38.1 Å². The summed E-state index contributed by atoms with van der Waals surface area (Å²) in [5.41, 5.74) is 0.623. The molecule has 1 fully saturated rings. The topological polar surface area (TPSA) is 58.6 Å². The molecule has 1 atom stereocenters. The van der Waals surface area contributed by atoms with E-state index in [1.54, 1.807) is 12.1 Å². The first-order chi connectivity index (χ1) is 10.6. The number of benzene rings is 1. The van der Waals surface area contributed by atoms with Gasteiger partial charge in [0.1, 0.15) is 5.82 Å². The van der Waals surface area contributed by atoms with Crippen LogP contribution < -0.4 is 10.2 Å². The Bertz CT molecular complexity index is 519. The van der Waals surface area contributed by atoms with Gasteiger partial charge in [0.15, 0.2) is 0 Å². The Balaban J connectivity index is 1.83. The second kappa shape index (κ2) is 7.89. The van der Waals surface area contributed by atoms with Crippen molar-refractivity contribution in [2.75, 3.05) is 31.2 Å². The maximum Gasteiger partial charge on any atom is 0.227 e. The first-order valence-electron chi connectivity index (χ1n) is 7.53. The Morgan fingerprint density at radius 2 is 2.14 bits per heavy atom. The summed E-state index contributed by atoms with van der Waals surface area (Å²) in [7, 11) is 0.